The van der Waals surface area contributed by atoms with Crippen LogP contribution in [0.15, 0.2) is 0 Å². The summed E-state index contributed by atoms with van der Waals surface area (Å²) >= 11 is 0. The SMILES string of the molecule is NCc1nnn(C2CCC2)c1C1CCCCC1. The second-order valence-corrected chi connectivity index (χ2v) is 5.49. The van der Waals surface area contributed by atoms with Crippen LogP contribution in [0.2, 0.25) is 0 Å². The fourth-order valence-electron chi connectivity index (χ4n) is 3.18. The highest BCUT2D eigenvalue weighted by molar-refractivity contribution is 5.17. The number of aromatic nitrogens is 3. The maximum atomic E-state index is 5.81. The highest BCUT2D eigenvalue weighted by Gasteiger charge is 2.29. The molecule has 0 amide bonds. The summed E-state index contributed by atoms with van der Waals surface area (Å²) in [4.78, 5) is 0. The molecule has 0 saturated heterocycles. The number of rotatable bonds is 3. The van der Waals surface area contributed by atoms with Gasteiger partial charge in [0.1, 0.15) is 0 Å². The number of nitrogens with two attached hydrogens (primary N) is 1. The summed E-state index contributed by atoms with van der Waals surface area (Å²) in [7, 11) is 0. The van der Waals surface area contributed by atoms with Gasteiger partial charge >= 0.3 is 0 Å². The molecule has 0 aromatic carbocycles. The van der Waals surface area contributed by atoms with Crippen molar-refractivity contribution in [2.75, 3.05) is 0 Å². The van der Waals surface area contributed by atoms with Gasteiger partial charge in [0.25, 0.3) is 0 Å². The van der Waals surface area contributed by atoms with Crippen molar-refractivity contribution in [3.63, 3.8) is 0 Å². The normalized spacial score (nSPS) is 22.6. The van der Waals surface area contributed by atoms with Crippen LogP contribution in [0, 0.1) is 0 Å². The van der Waals surface area contributed by atoms with E-state index in [4.69, 9.17) is 5.73 Å². The molecule has 2 saturated carbocycles. The number of nitrogens with zero attached hydrogens (tertiary/aromatic N) is 3. The largest absolute Gasteiger partial charge is 0.325 e. The van der Waals surface area contributed by atoms with Crippen LogP contribution < -0.4 is 5.73 Å². The van der Waals surface area contributed by atoms with E-state index in [9.17, 15) is 0 Å². The standard InChI is InChI=1S/C13H22N4/c14-9-12-13(10-5-2-1-3-6-10)17(16-15-12)11-7-4-8-11/h10-11H,1-9,14H2. The molecule has 0 atom stereocenters. The molecule has 0 unspecified atom stereocenters. The zero-order chi connectivity index (χ0) is 11.7. The van der Waals surface area contributed by atoms with Gasteiger partial charge in [-0.25, -0.2) is 4.68 Å². The Morgan fingerprint density at radius 1 is 1.06 bits per heavy atom. The Hall–Kier alpha value is -0.900. The molecule has 2 fully saturated rings. The average Bonchev–Trinajstić information content (AvgIpc) is 2.71. The van der Waals surface area contributed by atoms with Crippen molar-refractivity contribution in [3.8, 4) is 0 Å². The van der Waals surface area contributed by atoms with Crippen LogP contribution in [0.4, 0.5) is 0 Å². The van der Waals surface area contributed by atoms with E-state index in [0.717, 1.165) is 5.69 Å². The van der Waals surface area contributed by atoms with E-state index in [1.165, 1.54) is 57.1 Å². The maximum absolute atomic E-state index is 5.81. The first-order chi connectivity index (χ1) is 8.40. The molecule has 0 bridgehead atoms. The van der Waals surface area contributed by atoms with Gasteiger partial charge in [-0.1, -0.05) is 24.5 Å². The fourth-order valence-corrected chi connectivity index (χ4v) is 3.18. The molecular weight excluding hydrogens is 212 g/mol. The van der Waals surface area contributed by atoms with Crippen LogP contribution >= 0.6 is 0 Å². The summed E-state index contributed by atoms with van der Waals surface area (Å²) in [5.41, 5.74) is 8.23. The molecule has 3 rings (SSSR count). The van der Waals surface area contributed by atoms with Crippen molar-refractivity contribution in [2.45, 2.75) is 69.9 Å². The summed E-state index contributed by atoms with van der Waals surface area (Å²) in [5.74, 6) is 0.665. The van der Waals surface area contributed by atoms with E-state index in [1.807, 2.05) is 0 Å². The van der Waals surface area contributed by atoms with E-state index in [1.54, 1.807) is 0 Å². The highest BCUT2D eigenvalue weighted by Crippen LogP contribution is 2.38. The van der Waals surface area contributed by atoms with Crippen molar-refractivity contribution in [3.05, 3.63) is 11.4 Å². The van der Waals surface area contributed by atoms with E-state index in [2.05, 4.69) is 15.0 Å². The maximum Gasteiger partial charge on any atom is 0.0997 e. The Balaban J connectivity index is 1.90. The molecule has 2 N–H and O–H groups in total. The highest BCUT2D eigenvalue weighted by atomic mass is 15.4. The quantitative estimate of drug-likeness (QED) is 0.874. The summed E-state index contributed by atoms with van der Waals surface area (Å²) in [6.07, 6.45) is 10.6. The smallest absolute Gasteiger partial charge is 0.0997 e. The Labute approximate surface area is 103 Å². The van der Waals surface area contributed by atoms with Crippen LogP contribution in [-0.4, -0.2) is 15.0 Å². The van der Waals surface area contributed by atoms with Crippen LogP contribution in [0.5, 0.6) is 0 Å². The van der Waals surface area contributed by atoms with Crippen LogP contribution in [-0.2, 0) is 6.54 Å². The molecule has 4 heteroatoms. The van der Waals surface area contributed by atoms with Gasteiger partial charge in [0, 0.05) is 12.5 Å². The summed E-state index contributed by atoms with van der Waals surface area (Å²) in [6, 6.07) is 0.611. The van der Waals surface area contributed by atoms with Crippen LogP contribution in [0.1, 0.15) is 74.7 Å². The Kier molecular flexibility index (Phi) is 3.14. The Morgan fingerprint density at radius 3 is 2.41 bits per heavy atom. The molecule has 2 aliphatic rings. The topological polar surface area (TPSA) is 56.7 Å². The summed E-state index contributed by atoms with van der Waals surface area (Å²) in [5, 5.41) is 8.67. The van der Waals surface area contributed by atoms with Crippen molar-refractivity contribution >= 4 is 0 Å². The molecule has 0 aliphatic heterocycles. The molecule has 1 aromatic heterocycles. The zero-order valence-corrected chi connectivity index (χ0v) is 10.4. The molecule has 2 aliphatic carbocycles. The lowest BCUT2D eigenvalue weighted by atomic mass is 9.85. The first kappa shape index (κ1) is 11.2. The van der Waals surface area contributed by atoms with Crippen molar-refractivity contribution < 1.29 is 0 Å². The van der Waals surface area contributed by atoms with E-state index < -0.39 is 0 Å². The Bertz CT molecular complexity index is 375. The minimum Gasteiger partial charge on any atom is -0.325 e. The van der Waals surface area contributed by atoms with Crippen molar-refractivity contribution in [1.82, 2.24) is 15.0 Å². The van der Waals surface area contributed by atoms with Gasteiger partial charge in [-0.05, 0) is 32.1 Å². The lowest BCUT2D eigenvalue weighted by molar-refractivity contribution is 0.267. The lowest BCUT2D eigenvalue weighted by Gasteiger charge is -2.30. The molecule has 4 nitrogen and oxygen atoms in total. The second-order valence-electron chi connectivity index (χ2n) is 5.49. The monoisotopic (exact) mass is 234 g/mol. The average molecular weight is 234 g/mol. The van der Waals surface area contributed by atoms with Crippen molar-refractivity contribution in [2.24, 2.45) is 5.73 Å². The predicted molar refractivity (Wildman–Crippen MR) is 66.6 cm³/mol. The van der Waals surface area contributed by atoms with Gasteiger partial charge in [0.05, 0.1) is 17.4 Å². The minimum atomic E-state index is 0.540. The molecular formula is C13H22N4. The third-order valence-corrected chi connectivity index (χ3v) is 4.41. The van der Waals surface area contributed by atoms with E-state index >= 15 is 0 Å². The van der Waals surface area contributed by atoms with Gasteiger partial charge in [0.15, 0.2) is 0 Å². The minimum absolute atomic E-state index is 0.540. The van der Waals surface area contributed by atoms with E-state index in [0.29, 0.717) is 18.5 Å². The van der Waals surface area contributed by atoms with Crippen molar-refractivity contribution in [1.29, 1.82) is 0 Å². The molecule has 94 valence electrons. The molecule has 0 spiro atoms. The van der Waals surface area contributed by atoms with E-state index in [-0.39, 0.29) is 0 Å². The number of hydrogen-bond donors (Lipinski definition) is 1. The van der Waals surface area contributed by atoms with Gasteiger partial charge in [-0.3, -0.25) is 0 Å². The molecule has 0 radical (unpaired) electrons. The Morgan fingerprint density at radius 2 is 1.82 bits per heavy atom. The zero-order valence-electron chi connectivity index (χ0n) is 10.4. The van der Waals surface area contributed by atoms with Gasteiger partial charge in [0.2, 0.25) is 0 Å². The third-order valence-electron chi connectivity index (χ3n) is 4.41. The predicted octanol–water partition coefficient (Wildman–Crippen LogP) is 2.51. The first-order valence-electron chi connectivity index (χ1n) is 7.04. The van der Waals surface area contributed by atoms with Crippen LogP contribution in [0.25, 0.3) is 0 Å². The third kappa shape index (κ3) is 1.99. The summed E-state index contributed by atoms with van der Waals surface area (Å²) < 4.78 is 2.21. The summed E-state index contributed by atoms with van der Waals surface area (Å²) in [6.45, 7) is 0.540. The van der Waals surface area contributed by atoms with Gasteiger partial charge in [-0.2, -0.15) is 0 Å². The molecule has 1 heterocycles. The van der Waals surface area contributed by atoms with Crippen LogP contribution in [0.3, 0.4) is 0 Å². The fraction of sp³-hybridized carbons (Fsp3) is 0.846. The number of hydrogen-bond acceptors (Lipinski definition) is 3. The second kappa shape index (κ2) is 4.77. The first-order valence-corrected chi connectivity index (χ1v) is 7.04. The molecule has 17 heavy (non-hydrogen) atoms. The lowest BCUT2D eigenvalue weighted by Crippen LogP contribution is -2.23. The van der Waals surface area contributed by atoms with Gasteiger partial charge in [-0.15, -0.1) is 5.10 Å². The van der Waals surface area contributed by atoms with Gasteiger partial charge < -0.3 is 5.73 Å². The molecule has 1 aromatic rings.